The number of ether oxygens (including phenoxy) is 1. The smallest absolute Gasteiger partial charge is 0.308 e. The fourth-order valence-corrected chi connectivity index (χ4v) is 3.19. The van der Waals surface area contributed by atoms with Crippen LogP contribution >= 0.6 is 15.9 Å². The highest BCUT2D eigenvalue weighted by Gasteiger charge is 2.28. The van der Waals surface area contributed by atoms with Gasteiger partial charge in [0.1, 0.15) is 0 Å². The van der Waals surface area contributed by atoms with Crippen LogP contribution in [-0.4, -0.2) is 17.6 Å². The number of nitrogens with zero attached hydrogens (tertiary/aromatic N) is 1. The molecule has 1 aromatic heterocycles. The summed E-state index contributed by atoms with van der Waals surface area (Å²) in [4.78, 5) is 15.8. The molecular formula is C14H18BrNO2. The third-order valence-electron chi connectivity index (χ3n) is 3.59. The van der Waals surface area contributed by atoms with E-state index >= 15 is 0 Å². The minimum absolute atomic E-state index is 0.0234. The molecule has 18 heavy (non-hydrogen) atoms. The summed E-state index contributed by atoms with van der Waals surface area (Å²) in [6, 6.07) is 2.07. The fourth-order valence-electron chi connectivity index (χ4n) is 2.62. The van der Waals surface area contributed by atoms with Crippen LogP contribution in [0.15, 0.2) is 22.9 Å². The lowest BCUT2D eigenvalue weighted by atomic mass is 9.79. The lowest BCUT2D eigenvalue weighted by Crippen LogP contribution is -2.23. The molecule has 1 aliphatic carbocycles. The number of carbonyl (C=O) groups is 1. The van der Waals surface area contributed by atoms with Crippen LogP contribution in [0.4, 0.5) is 0 Å². The van der Waals surface area contributed by atoms with E-state index in [-0.39, 0.29) is 11.9 Å². The zero-order valence-electron chi connectivity index (χ0n) is 10.6. The number of halogens is 1. The van der Waals surface area contributed by atoms with E-state index in [0.29, 0.717) is 12.5 Å². The van der Waals surface area contributed by atoms with Gasteiger partial charge in [-0.05, 0) is 66.1 Å². The Kier molecular flexibility index (Phi) is 4.75. The molecule has 3 nitrogen and oxygen atoms in total. The van der Waals surface area contributed by atoms with E-state index in [1.807, 2.05) is 19.3 Å². The van der Waals surface area contributed by atoms with Crippen LogP contribution in [0.2, 0.25) is 0 Å². The highest BCUT2D eigenvalue weighted by atomic mass is 79.9. The van der Waals surface area contributed by atoms with Gasteiger partial charge in [-0.3, -0.25) is 9.78 Å². The number of aromatic nitrogens is 1. The molecule has 2 rings (SSSR count). The molecule has 0 aromatic carbocycles. The summed E-state index contributed by atoms with van der Waals surface area (Å²) >= 11 is 3.55. The van der Waals surface area contributed by atoms with E-state index in [0.717, 1.165) is 30.2 Å². The summed E-state index contributed by atoms with van der Waals surface area (Å²) in [5, 5.41) is 0. The second-order valence-electron chi connectivity index (χ2n) is 4.70. The third kappa shape index (κ3) is 3.10. The van der Waals surface area contributed by atoms with Gasteiger partial charge in [-0.1, -0.05) is 0 Å². The summed E-state index contributed by atoms with van der Waals surface area (Å²) in [6.45, 7) is 2.34. The molecule has 1 fully saturated rings. The predicted molar refractivity (Wildman–Crippen MR) is 73.3 cm³/mol. The van der Waals surface area contributed by atoms with Crippen molar-refractivity contribution in [2.24, 2.45) is 5.92 Å². The molecule has 1 heterocycles. The molecule has 0 radical (unpaired) electrons. The molecule has 1 saturated carbocycles. The normalized spacial score (nSPS) is 23.7. The van der Waals surface area contributed by atoms with Gasteiger partial charge < -0.3 is 4.74 Å². The first-order valence-electron chi connectivity index (χ1n) is 6.48. The van der Waals surface area contributed by atoms with Crippen molar-refractivity contribution in [3.63, 3.8) is 0 Å². The van der Waals surface area contributed by atoms with Crippen molar-refractivity contribution in [2.45, 2.75) is 38.5 Å². The van der Waals surface area contributed by atoms with Crippen LogP contribution in [0.5, 0.6) is 0 Å². The molecule has 0 N–H and O–H groups in total. The molecule has 1 aliphatic rings. The Morgan fingerprint density at radius 1 is 1.44 bits per heavy atom. The maximum Gasteiger partial charge on any atom is 0.308 e. The largest absolute Gasteiger partial charge is 0.466 e. The van der Waals surface area contributed by atoms with E-state index in [2.05, 4.69) is 27.0 Å². The van der Waals surface area contributed by atoms with Gasteiger partial charge in [0.05, 0.1) is 12.5 Å². The maximum atomic E-state index is 11.7. The maximum absolute atomic E-state index is 11.7. The molecule has 98 valence electrons. The van der Waals surface area contributed by atoms with Crippen molar-refractivity contribution in [2.75, 3.05) is 6.61 Å². The zero-order chi connectivity index (χ0) is 13.0. The number of pyridine rings is 1. The Labute approximate surface area is 116 Å². The average Bonchev–Trinajstić information content (AvgIpc) is 2.40. The summed E-state index contributed by atoms with van der Waals surface area (Å²) in [5.41, 5.74) is 1.31. The Morgan fingerprint density at radius 2 is 2.17 bits per heavy atom. The van der Waals surface area contributed by atoms with Crippen LogP contribution in [0.3, 0.4) is 0 Å². The van der Waals surface area contributed by atoms with Gasteiger partial charge in [0.2, 0.25) is 0 Å². The van der Waals surface area contributed by atoms with E-state index in [9.17, 15) is 4.79 Å². The first-order valence-corrected chi connectivity index (χ1v) is 7.27. The third-order valence-corrected chi connectivity index (χ3v) is 4.25. The second-order valence-corrected chi connectivity index (χ2v) is 5.55. The van der Waals surface area contributed by atoms with Crippen molar-refractivity contribution < 1.29 is 9.53 Å². The Balaban J connectivity index is 1.95. The van der Waals surface area contributed by atoms with Crippen LogP contribution in [0, 0.1) is 5.92 Å². The van der Waals surface area contributed by atoms with Gasteiger partial charge in [-0.15, -0.1) is 0 Å². The second kappa shape index (κ2) is 6.32. The van der Waals surface area contributed by atoms with Gasteiger partial charge in [0, 0.05) is 16.9 Å². The number of esters is 1. The predicted octanol–water partition coefficient (Wildman–Crippen LogP) is 3.68. The lowest BCUT2D eigenvalue weighted by Gasteiger charge is -2.27. The molecule has 0 amide bonds. The molecule has 1 aromatic rings. The van der Waals surface area contributed by atoms with Crippen LogP contribution in [-0.2, 0) is 9.53 Å². The van der Waals surface area contributed by atoms with Gasteiger partial charge in [-0.2, -0.15) is 0 Å². The first kappa shape index (κ1) is 13.5. The van der Waals surface area contributed by atoms with E-state index < -0.39 is 0 Å². The van der Waals surface area contributed by atoms with E-state index in [1.54, 1.807) is 0 Å². The topological polar surface area (TPSA) is 39.2 Å². The lowest BCUT2D eigenvalue weighted by molar-refractivity contribution is -0.149. The number of rotatable bonds is 3. The van der Waals surface area contributed by atoms with E-state index in [4.69, 9.17) is 4.74 Å². The highest BCUT2D eigenvalue weighted by Crippen LogP contribution is 2.38. The first-order chi connectivity index (χ1) is 8.72. The fraction of sp³-hybridized carbons (Fsp3) is 0.571. The van der Waals surface area contributed by atoms with Crippen molar-refractivity contribution in [1.29, 1.82) is 0 Å². The number of carbonyl (C=O) groups excluding carboxylic acids is 1. The van der Waals surface area contributed by atoms with Gasteiger partial charge >= 0.3 is 5.97 Å². The molecular weight excluding hydrogens is 294 g/mol. The molecule has 0 unspecified atom stereocenters. The van der Waals surface area contributed by atoms with Crippen molar-refractivity contribution in [1.82, 2.24) is 4.98 Å². The summed E-state index contributed by atoms with van der Waals surface area (Å²) in [6.07, 6.45) is 7.62. The molecule has 0 aliphatic heterocycles. The Bertz CT molecular complexity index is 414. The molecule has 0 saturated heterocycles. The van der Waals surface area contributed by atoms with Crippen LogP contribution in [0.25, 0.3) is 0 Å². The van der Waals surface area contributed by atoms with Crippen molar-refractivity contribution >= 4 is 21.9 Å². The number of hydrogen-bond donors (Lipinski definition) is 0. The standard InChI is InChI=1S/C14H18BrNO2/c1-2-18-14(17)11-5-3-10(4-6-11)12-7-8-16-9-13(12)15/h7-11H,2-6H2,1H3. The SMILES string of the molecule is CCOC(=O)C1CCC(c2ccncc2Br)CC1. The molecule has 0 atom stereocenters. The Morgan fingerprint density at radius 3 is 2.78 bits per heavy atom. The molecule has 4 heteroatoms. The van der Waals surface area contributed by atoms with E-state index in [1.165, 1.54) is 5.56 Å². The number of hydrogen-bond acceptors (Lipinski definition) is 3. The average molecular weight is 312 g/mol. The molecule has 0 bridgehead atoms. The van der Waals surface area contributed by atoms with Crippen LogP contribution in [0.1, 0.15) is 44.1 Å². The van der Waals surface area contributed by atoms with Crippen molar-refractivity contribution in [3.8, 4) is 0 Å². The Hall–Kier alpha value is -0.900. The minimum atomic E-state index is -0.0234. The monoisotopic (exact) mass is 311 g/mol. The summed E-state index contributed by atoms with van der Waals surface area (Å²) < 4.78 is 6.16. The quantitative estimate of drug-likeness (QED) is 0.799. The minimum Gasteiger partial charge on any atom is -0.466 e. The summed E-state index contributed by atoms with van der Waals surface area (Å²) in [7, 11) is 0. The highest BCUT2D eigenvalue weighted by molar-refractivity contribution is 9.10. The summed E-state index contributed by atoms with van der Waals surface area (Å²) in [5.74, 6) is 0.611. The van der Waals surface area contributed by atoms with Gasteiger partial charge in [0.25, 0.3) is 0 Å². The van der Waals surface area contributed by atoms with Gasteiger partial charge in [0.15, 0.2) is 0 Å². The molecule has 0 spiro atoms. The van der Waals surface area contributed by atoms with Gasteiger partial charge in [-0.25, -0.2) is 0 Å². The zero-order valence-corrected chi connectivity index (χ0v) is 12.1. The van der Waals surface area contributed by atoms with Crippen LogP contribution < -0.4 is 0 Å². The van der Waals surface area contributed by atoms with Crippen molar-refractivity contribution in [3.05, 3.63) is 28.5 Å².